The SMILES string of the molecule is CCOP(=O)(/C=C/CC(C)C(OC)OC)OCC. The smallest absolute Gasteiger partial charge is 0.353 e. The lowest BCUT2D eigenvalue weighted by Crippen LogP contribution is -2.21. The topological polar surface area (TPSA) is 54.0 Å². The van der Waals surface area contributed by atoms with E-state index >= 15 is 0 Å². The average Bonchev–Trinajstić information content (AvgIpc) is 2.31. The highest BCUT2D eigenvalue weighted by Gasteiger charge is 2.20. The van der Waals surface area contributed by atoms with E-state index in [1.54, 1.807) is 34.1 Å². The van der Waals surface area contributed by atoms with Crippen molar-refractivity contribution in [1.82, 2.24) is 0 Å². The van der Waals surface area contributed by atoms with Crippen molar-refractivity contribution >= 4 is 7.60 Å². The molecule has 5 nitrogen and oxygen atoms in total. The van der Waals surface area contributed by atoms with Gasteiger partial charge in [-0.05, 0) is 20.3 Å². The molecule has 0 saturated carbocycles. The van der Waals surface area contributed by atoms with Gasteiger partial charge in [0.2, 0.25) is 0 Å². The summed E-state index contributed by atoms with van der Waals surface area (Å²) in [5, 5.41) is 0. The van der Waals surface area contributed by atoms with Crippen LogP contribution in [0, 0.1) is 5.92 Å². The van der Waals surface area contributed by atoms with E-state index in [1.165, 1.54) is 5.82 Å². The molecule has 0 heterocycles. The van der Waals surface area contributed by atoms with Crippen LogP contribution >= 0.6 is 7.60 Å². The molecule has 0 aromatic heterocycles. The third-order valence-electron chi connectivity index (χ3n) is 2.34. The summed E-state index contributed by atoms with van der Waals surface area (Å²) in [7, 11) is 0.109. The van der Waals surface area contributed by atoms with Gasteiger partial charge in [-0.3, -0.25) is 4.57 Å². The Morgan fingerprint density at radius 1 is 1.11 bits per heavy atom. The Bertz CT molecular complexity index is 266. The lowest BCUT2D eigenvalue weighted by Gasteiger charge is -2.19. The maximum Gasteiger partial charge on any atom is 0.353 e. The Hall–Kier alpha value is -0.190. The molecule has 6 heteroatoms. The Labute approximate surface area is 110 Å². The Kier molecular flexibility index (Phi) is 9.60. The fraction of sp³-hybridized carbons (Fsp3) is 0.833. The molecule has 0 spiro atoms. The molecule has 0 saturated heterocycles. The van der Waals surface area contributed by atoms with Gasteiger partial charge < -0.3 is 18.5 Å². The number of hydrogen-bond donors (Lipinski definition) is 0. The van der Waals surface area contributed by atoms with Crippen LogP contribution in [0.2, 0.25) is 0 Å². The highest BCUT2D eigenvalue weighted by Crippen LogP contribution is 2.49. The van der Waals surface area contributed by atoms with Gasteiger partial charge in [0.15, 0.2) is 6.29 Å². The van der Waals surface area contributed by atoms with Gasteiger partial charge in [0, 0.05) is 26.0 Å². The molecule has 0 N–H and O–H groups in total. The van der Waals surface area contributed by atoms with Gasteiger partial charge in [0.25, 0.3) is 0 Å². The molecule has 0 rings (SSSR count). The van der Waals surface area contributed by atoms with Crippen LogP contribution in [0.15, 0.2) is 11.9 Å². The van der Waals surface area contributed by atoms with E-state index in [1.807, 2.05) is 6.92 Å². The van der Waals surface area contributed by atoms with Gasteiger partial charge in [-0.15, -0.1) is 0 Å². The van der Waals surface area contributed by atoms with Crippen molar-refractivity contribution < 1.29 is 23.1 Å². The molecule has 0 radical (unpaired) electrons. The Morgan fingerprint density at radius 3 is 2.00 bits per heavy atom. The van der Waals surface area contributed by atoms with Crippen molar-refractivity contribution in [2.45, 2.75) is 33.5 Å². The zero-order valence-corrected chi connectivity index (χ0v) is 12.8. The van der Waals surface area contributed by atoms with Crippen LogP contribution in [0.5, 0.6) is 0 Å². The summed E-state index contributed by atoms with van der Waals surface area (Å²) in [5.41, 5.74) is 0. The van der Waals surface area contributed by atoms with E-state index in [-0.39, 0.29) is 12.2 Å². The molecule has 0 aromatic carbocycles. The average molecular weight is 280 g/mol. The largest absolute Gasteiger partial charge is 0.356 e. The third-order valence-corrected chi connectivity index (χ3v) is 4.16. The van der Waals surface area contributed by atoms with Gasteiger partial charge in [-0.2, -0.15) is 0 Å². The number of methoxy groups -OCH3 is 2. The molecule has 0 amide bonds. The maximum atomic E-state index is 12.1. The minimum Gasteiger partial charge on any atom is -0.356 e. The molecule has 0 aromatic rings. The summed E-state index contributed by atoms with van der Waals surface area (Å²) in [6.45, 7) is 6.28. The number of allylic oxidation sites excluding steroid dienone is 1. The summed E-state index contributed by atoms with van der Waals surface area (Å²) in [5.74, 6) is 1.67. The lowest BCUT2D eigenvalue weighted by atomic mass is 10.1. The molecule has 0 aliphatic rings. The van der Waals surface area contributed by atoms with Crippen molar-refractivity contribution in [2.75, 3.05) is 27.4 Å². The van der Waals surface area contributed by atoms with E-state index < -0.39 is 7.60 Å². The summed E-state index contributed by atoms with van der Waals surface area (Å²) in [6, 6.07) is 0. The van der Waals surface area contributed by atoms with Crippen LogP contribution in [-0.4, -0.2) is 33.7 Å². The zero-order chi connectivity index (χ0) is 14.0. The molecular formula is C12H25O5P. The predicted octanol–water partition coefficient (Wildman–Crippen LogP) is 3.41. The quantitative estimate of drug-likeness (QED) is 0.453. The molecule has 18 heavy (non-hydrogen) atoms. The summed E-state index contributed by atoms with van der Waals surface area (Å²) >= 11 is 0. The van der Waals surface area contributed by atoms with E-state index in [0.29, 0.717) is 19.6 Å². The number of rotatable bonds is 10. The number of ether oxygens (including phenoxy) is 2. The van der Waals surface area contributed by atoms with Crippen LogP contribution in [0.25, 0.3) is 0 Å². The van der Waals surface area contributed by atoms with Crippen molar-refractivity contribution in [3.63, 3.8) is 0 Å². The molecule has 1 atom stereocenters. The fourth-order valence-electron chi connectivity index (χ4n) is 1.56. The first-order valence-corrected chi connectivity index (χ1v) is 7.76. The Balaban J connectivity index is 4.38. The minimum absolute atomic E-state index is 0.160. The van der Waals surface area contributed by atoms with E-state index in [4.69, 9.17) is 18.5 Å². The maximum absolute atomic E-state index is 12.1. The molecule has 108 valence electrons. The summed E-state index contributed by atoms with van der Waals surface area (Å²) in [6.07, 6.45) is 2.20. The van der Waals surface area contributed by atoms with E-state index in [0.717, 1.165) is 0 Å². The van der Waals surface area contributed by atoms with Crippen molar-refractivity contribution in [3.05, 3.63) is 11.9 Å². The third kappa shape index (κ3) is 6.66. The summed E-state index contributed by atoms with van der Waals surface area (Å²) in [4.78, 5) is 0. The molecule has 0 aliphatic carbocycles. The fourth-order valence-corrected chi connectivity index (χ4v) is 2.91. The second-order valence-electron chi connectivity index (χ2n) is 3.81. The van der Waals surface area contributed by atoms with Crippen LogP contribution in [-0.2, 0) is 23.1 Å². The highest BCUT2D eigenvalue weighted by atomic mass is 31.2. The van der Waals surface area contributed by atoms with Crippen LogP contribution in [0.3, 0.4) is 0 Å². The highest BCUT2D eigenvalue weighted by molar-refractivity contribution is 7.57. The molecule has 1 unspecified atom stereocenters. The monoisotopic (exact) mass is 280 g/mol. The van der Waals surface area contributed by atoms with Gasteiger partial charge in [0.05, 0.1) is 13.2 Å². The molecule has 0 aliphatic heterocycles. The van der Waals surface area contributed by atoms with Crippen molar-refractivity contribution in [1.29, 1.82) is 0 Å². The molecular weight excluding hydrogens is 255 g/mol. The van der Waals surface area contributed by atoms with Gasteiger partial charge in [0.1, 0.15) is 0 Å². The standard InChI is InChI=1S/C12H25O5P/c1-6-16-18(13,17-7-2)10-8-9-11(3)12(14-4)15-5/h8,10-12H,6-7,9H2,1-5H3/b10-8+. The first kappa shape index (κ1) is 17.8. The predicted molar refractivity (Wildman–Crippen MR) is 71.6 cm³/mol. The first-order chi connectivity index (χ1) is 8.52. The molecule has 0 bridgehead atoms. The van der Waals surface area contributed by atoms with Crippen LogP contribution in [0.4, 0.5) is 0 Å². The molecule has 0 fully saturated rings. The van der Waals surface area contributed by atoms with Crippen LogP contribution in [0.1, 0.15) is 27.2 Å². The van der Waals surface area contributed by atoms with Gasteiger partial charge >= 0.3 is 7.60 Å². The van der Waals surface area contributed by atoms with Gasteiger partial charge in [-0.1, -0.05) is 13.0 Å². The normalized spacial score (nSPS) is 14.6. The summed E-state index contributed by atoms with van der Waals surface area (Å²) < 4.78 is 32.7. The zero-order valence-electron chi connectivity index (χ0n) is 11.9. The lowest BCUT2D eigenvalue weighted by molar-refractivity contribution is -0.132. The second-order valence-corrected chi connectivity index (χ2v) is 5.71. The van der Waals surface area contributed by atoms with E-state index in [2.05, 4.69) is 0 Å². The van der Waals surface area contributed by atoms with E-state index in [9.17, 15) is 4.57 Å². The second kappa shape index (κ2) is 9.70. The van der Waals surface area contributed by atoms with Crippen LogP contribution < -0.4 is 0 Å². The van der Waals surface area contributed by atoms with Gasteiger partial charge in [-0.25, -0.2) is 0 Å². The van der Waals surface area contributed by atoms with Crippen molar-refractivity contribution in [2.24, 2.45) is 5.92 Å². The minimum atomic E-state index is -3.08. The number of hydrogen-bond acceptors (Lipinski definition) is 5. The Morgan fingerprint density at radius 2 is 1.61 bits per heavy atom. The van der Waals surface area contributed by atoms with Crippen molar-refractivity contribution in [3.8, 4) is 0 Å². The first-order valence-electron chi connectivity index (χ1n) is 6.15.